The smallest absolute Gasteiger partial charge is 0.331 e. The molecule has 0 fully saturated rings. The van der Waals surface area contributed by atoms with Crippen LogP contribution in [0.15, 0.2) is 11.6 Å². The van der Waals surface area contributed by atoms with Crippen LogP contribution in [0, 0.1) is 0 Å². The fourth-order valence-corrected chi connectivity index (χ4v) is 0.331. The molecule has 0 aromatic carbocycles. The minimum absolute atomic E-state index is 0.0272. The van der Waals surface area contributed by atoms with Crippen LogP contribution in [0.5, 0.6) is 0 Å². The molecule has 0 aliphatic heterocycles. The maximum atomic E-state index is 10.5. The molecule has 1 amide bonds. The van der Waals surface area contributed by atoms with Crippen molar-refractivity contribution in [3.8, 4) is 0 Å². The van der Waals surface area contributed by atoms with Gasteiger partial charge in [0.05, 0.1) is 0 Å². The van der Waals surface area contributed by atoms with Crippen LogP contribution in [-0.4, -0.2) is 24.0 Å². The van der Waals surface area contributed by atoms with E-state index in [2.05, 4.69) is 5.32 Å². The molecule has 10 heavy (non-hydrogen) atoms. The summed E-state index contributed by atoms with van der Waals surface area (Å²) in [4.78, 5) is 20.6. The van der Waals surface area contributed by atoms with E-state index < -0.39 is 11.9 Å². The summed E-state index contributed by atoms with van der Waals surface area (Å²) in [6, 6.07) is 0. The van der Waals surface area contributed by atoms with Crippen LogP contribution >= 0.6 is 0 Å². The summed E-state index contributed by atoms with van der Waals surface area (Å²) in [5.74, 6) is -1.48. The lowest BCUT2D eigenvalue weighted by molar-refractivity contribution is -0.133. The predicted molar refractivity (Wildman–Crippen MR) is 35.5 cm³/mol. The molecule has 4 nitrogen and oxygen atoms in total. The Morgan fingerprint density at radius 2 is 2.00 bits per heavy atom. The monoisotopic (exact) mass is 143 g/mol. The van der Waals surface area contributed by atoms with E-state index in [1.807, 2.05) is 0 Å². The van der Waals surface area contributed by atoms with Crippen LogP contribution in [-0.2, 0) is 9.59 Å². The van der Waals surface area contributed by atoms with Gasteiger partial charge in [-0.2, -0.15) is 0 Å². The van der Waals surface area contributed by atoms with Crippen LogP contribution in [0.25, 0.3) is 0 Å². The van der Waals surface area contributed by atoms with E-state index in [0.717, 1.165) is 6.08 Å². The van der Waals surface area contributed by atoms with Crippen molar-refractivity contribution in [2.24, 2.45) is 0 Å². The summed E-state index contributed by atoms with van der Waals surface area (Å²) in [5, 5.41) is 10.6. The highest BCUT2D eigenvalue weighted by Gasteiger charge is 2.00. The van der Waals surface area contributed by atoms with Gasteiger partial charge in [-0.1, -0.05) is 0 Å². The first kappa shape index (κ1) is 8.68. The minimum atomic E-state index is -1.08. The predicted octanol–water partition coefficient (Wildman–Crippen LogP) is -0.237. The topological polar surface area (TPSA) is 66.4 Å². The molecule has 0 radical (unpaired) electrons. The Morgan fingerprint density at radius 3 is 2.30 bits per heavy atom. The molecule has 0 aromatic heterocycles. The van der Waals surface area contributed by atoms with Crippen LogP contribution in [0.1, 0.15) is 6.92 Å². The van der Waals surface area contributed by atoms with E-state index in [4.69, 9.17) is 5.11 Å². The summed E-state index contributed by atoms with van der Waals surface area (Å²) < 4.78 is 0. The first-order valence-corrected chi connectivity index (χ1v) is 2.71. The lowest BCUT2D eigenvalue weighted by atomic mass is 10.3. The number of hydrogen-bond donors (Lipinski definition) is 2. The Bertz CT molecular complexity index is 183. The highest BCUT2D eigenvalue weighted by atomic mass is 16.4. The molecule has 0 unspecified atom stereocenters. The van der Waals surface area contributed by atoms with E-state index in [0.29, 0.717) is 0 Å². The first-order chi connectivity index (χ1) is 4.57. The average molecular weight is 143 g/mol. The molecule has 2 N–H and O–H groups in total. The number of hydrogen-bond acceptors (Lipinski definition) is 2. The van der Waals surface area contributed by atoms with E-state index in [9.17, 15) is 9.59 Å². The molecule has 56 valence electrons. The number of carboxylic acids is 1. The van der Waals surface area contributed by atoms with Crippen molar-refractivity contribution in [1.29, 1.82) is 0 Å². The third kappa shape index (κ3) is 2.86. The molecule has 0 saturated heterocycles. The average Bonchev–Trinajstić information content (AvgIpc) is 1.87. The quantitative estimate of drug-likeness (QED) is 0.524. The molecule has 0 aliphatic rings. The van der Waals surface area contributed by atoms with Crippen molar-refractivity contribution >= 4 is 11.9 Å². The van der Waals surface area contributed by atoms with E-state index in [-0.39, 0.29) is 5.57 Å². The van der Waals surface area contributed by atoms with Crippen LogP contribution in [0.3, 0.4) is 0 Å². The standard InChI is InChI=1S/C6H9NO3/c1-4(6(9)10)3-5(8)7-2/h3H,1-2H3,(H,7,8)(H,9,10)/b4-3-. The van der Waals surface area contributed by atoms with E-state index in [1.165, 1.54) is 14.0 Å². The highest BCUT2D eigenvalue weighted by Crippen LogP contribution is 1.89. The molecule has 0 rings (SSSR count). The summed E-state index contributed by atoms with van der Waals surface area (Å²) in [5.41, 5.74) is 0.0272. The van der Waals surface area contributed by atoms with Gasteiger partial charge in [0.25, 0.3) is 0 Å². The maximum absolute atomic E-state index is 10.5. The largest absolute Gasteiger partial charge is 0.478 e. The van der Waals surface area contributed by atoms with Crippen LogP contribution in [0.2, 0.25) is 0 Å². The SMILES string of the molecule is CNC(=O)/C=C(/C)C(=O)O. The maximum Gasteiger partial charge on any atom is 0.331 e. The van der Waals surface area contributed by atoms with Crippen molar-refractivity contribution in [1.82, 2.24) is 5.32 Å². The van der Waals surface area contributed by atoms with Gasteiger partial charge < -0.3 is 10.4 Å². The zero-order valence-electron chi connectivity index (χ0n) is 5.84. The molecular weight excluding hydrogens is 134 g/mol. The summed E-state index contributed by atoms with van der Waals surface area (Å²) in [7, 11) is 1.44. The summed E-state index contributed by atoms with van der Waals surface area (Å²) >= 11 is 0. The molecule has 0 atom stereocenters. The Labute approximate surface area is 58.5 Å². The molecule has 0 heterocycles. The van der Waals surface area contributed by atoms with Crippen LogP contribution < -0.4 is 5.32 Å². The third-order valence-electron chi connectivity index (χ3n) is 0.931. The molecule has 0 saturated carbocycles. The number of nitrogens with one attached hydrogen (secondary N) is 1. The molecule has 4 heteroatoms. The molecule has 0 aliphatic carbocycles. The Hall–Kier alpha value is -1.32. The van der Waals surface area contributed by atoms with Gasteiger partial charge in [0.15, 0.2) is 0 Å². The zero-order valence-corrected chi connectivity index (χ0v) is 5.84. The van der Waals surface area contributed by atoms with Crippen LogP contribution in [0.4, 0.5) is 0 Å². The Morgan fingerprint density at radius 1 is 1.50 bits per heavy atom. The number of carboxylic acid groups (broad SMARTS) is 1. The van der Waals surface area contributed by atoms with Gasteiger partial charge in [-0.25, -0.2) is 4.79 Å². The Balaban J connectivity index is 4.16. The van der Waals surface area contributed by atoms with E-state index in [1.54, 1.807) is 0 Å². The molecular formula is C6H9NO3. The van der Waals surface area contributed by atoms with Gasteiger partial charge in [-0.15, -0.1) is 0 Å². The summed E-state index contributed by atoms with van der Waals surface area (Å²) in [6.45, 7) is 1.36. The van der Waals surface area contributed by atoms with Crippen molar-refractivity contribution in [2.75, 3.05) is 7.05 Å². The lowest BCUT2D eigenvalue weighted by Crippen LogP contribution is -2.16. The zero-order chi connectivity index (χ0) is 8.15. The van der Waals surface area contributed by atoms with Gasteiger partial charge in [0.1, 0.15) is 0 Å². The number of carbonyl (C=O) groups excluding carboxylic acids is 1. The second kappa shape index (κ2) is 3.66. The fraction of sp³-hybridized carbons (Fsp3) is 0.333. The highest BCUT2D eigenvalue weighted by molar-refractivity contribution is 5.97. The van der Waals surface area contributed by atoms with Gasteiger partial charge in [0, 0.05) is 18.7 Å². The fourth-order valence-electron chi connectivity index (χ4n) is 0.331. The third-order valence-corrected chi connectivity index (χ3v) is 0.931. The molecule has 0 bridgehead atoms. The van der Waals surface area contributed by atoms with Crippen molar-refractivity contribution in [3.63, 3.8) is 0 Å². The second-order valence-electron chi connectivity index (χ2n) is 1.75. The van der Waals surface area contributed by atoms with Gasteiger partial charge in [-0.3, -0.25) is 4.79 Å². The van der Waals surface area contributed by atoms with E-state index >= 15 is 0 Å². The van der Waals surface area contributed by atoms with Gasteiger partial charge in [0.2, 0.25) is 5.91 Å². The summed E-state index contributed by atoms with van der Waals surface area (Å²) in [6.07, 6.45) is 1.03. The molecule has 0 aromatic rings. The van der Waals surface area contributed by atoms with Crippen molar-refractivity contribution < 1.29 is 14.7 Å². The minimum Gasteiger partial charge on any atom is -0.478 e. The number of aliphatic carboxylic acids is 1. The lowest BCUT2D eigenvalue weighted by Gasteiger charge is -1.91. The van der Waals surface area contributed by atoms with Crippen molar-refractivity contribution in [3.05, 3.63) is 11.6 Å². The van der Waals surface area contributed by atoms with Gasteiger partial charge in [-0.05, 0) is 6.92 Å². The Kier molecular flexibility index (Phi) is 3.17. The van der Waals surface area contributed by atoms with Crippen molar-refractivity contribution in [2.45, 2.75) is 6.92 Å². The second-order valence-corrected chi connectivity index (χ2v) is 1.75. The number of carbonyl (C=O) groups is 2. The number of likely N-dealkylation sites (N-methyl/N-ethyl adjacent to an activating group) is 1. The number of amides is 1. The normalized spacial score (nSPS) is 10.8. The molecule has 0 spiro atoms. The number of rotatable bonds is 2. The first-order valence-electron chi connectivity index (χ1n) is 2.71. The van der Waals surface area contributed by atoms with Gasteiger partial charge >= 0.3 is 5.97 Å².